The number of methoxy groups -OCH3 is 2. The molecular weight excluding hydrogens is 242 g/mol. The zero-order valence-electron chi connectivity index (χ0n) is 12.4. The van der Waals surface area contributed by atoms with E-state index in [1.807, 2.05) is 12.1 Å². The largest absolute Gasteiger partial charge is 0.497 e. The van der Waals surface area contributed by atoms with E-state index in [0.717, 1.165) is 5.56 Å². The third kappa shape index (κ3) is 4.40. The average Bonchev–Trinajstić information content (AvgIpc) is 2.36. The summed E-state index contributed by atoms with van der Waals surface area (Å²) in [6.45, 7) is 6.20. The van der Waals surface area contributed by atoms with Gasteiger partial charge < -0.3 is 20.3 Å². The highest BCUT2D eigenvalue weighted by molar-refractivity contribution is 5.39. The maximum absolute atomic E-state index is 10.3. The number of benzene rings is 1. The number of nitrogens with two attached hydrogens (primary N) is 1. The highest BCUT2D eigenvalue weighted by Crippen LogP contribution is 2.31. The summed E-state index contributed by atoms with van der Waals surface area (Å²) in [5.41, 5.74) is 6.83. The first-order valence-electron chi connectivity index (χ1n) is 6.44. The van der Waals surface area contributed by atoms with Crippen LogP contribution in [0.15, 0.2) is 18.2 Å². The Morgan fingerprint density at radius 3 is 1.95 bits per heavy atom. The summed E-state index contributed by atoms with van der Waals surface area (Å²) in [6, 6.07) is 5.31. The Morgan fingerprint density at radius 2 is 1.58 bits per heavy atom. The van der Waals surface area contributed by atoms with Crippen LogP contribution < -0.4 is 15.2 Å². The molecule has 0 saturated carbocycles. The van der Waals surface area contributed by atoms with Crippen LogP contribution in [0.2, 0.25) is 0 Å². The van der Waals surface area contributed by atoms with Crippen molar-refractivity contribution in [3.8, 4) is 11.5 Å². The van der Waals surface area contributed by atoms with Gasteiger partial charge in [-0.1, -0.05) is 20.8 Å². The van der Waals surface area contributed by atoms with E-state index in [1.165, 1.54) is 0 Å². The Hall–Kier alpha value is -1.26. The molecule has 0 unspecified atom stereocenters. The third-order valence-electron chi connectivity index (χ3n) is 3.35. The van der Waals surface area contributed by atoms with Crippen molar-refractivity contribution in [2.75, 3.05) is 14.2 Å². The fourth-order valence-corrected chi connectivity index (χ4v) is 1.75. The van der Waals surface area contributed by atoms with Crippen molar-refractivity contribution in [3.63, 3.8) is 0 Å². The summed E-state index contributed by atoms with van der Waals surface area (Å²) in [5.74, 6) is 1.33. The first kappa shape index (κ1) is 15.8. The lowest BCUT2D eigenvalue weighted by molar-refractivity contribution is 0.133. The molecule has 0 bridgehead atoms. The van der Waals surface area contributed by atoms with Crippen molar-refractivity contribution < 1.29 is 14.6 Å². The van der Waals surface area contributed by atoms with Gasteiger partial charge in [-0.3, -0.25) is 0 Å². The van der Waals surface area contributed by atoms with Crippen LogP contribution in [0.3, 0.4) is 0 Å². The molecule has 108 valence electrons. The zero-order chi connectivity index (χ0) is 14.6. The van der Waals surface area contributed by atoms with Gasteiger partial charge in [-0.15, -0.1) is 0 Å². The van der Waals surface area contributed by atoms with E-state index in [9.17, 15) is 5.11 Å². The molecular formula is C15H25NO3. The van der Waals surface area contributed by atoms with Gasteiger partial charge in [-0.05, 0) is 29.5 Å². The van der Waals surface area contributed by atoms with Crippen molar-refractivity contribution in [2.24, 2.45) is 11.1 Å². The number of hydrogen-bond donors (Lipinski definition) is 2. The number of aliphatic hydroxyl groups excluding tert-OH is 1. The lowest BCUT2D eigenvalue weighted by Gasteiger charge is -2.29. The van der Waals surface area contributed by atoms with E-state index in [-0.39, 0.29) is 11.5 Å². The van der Waals surface area contributed by atoms with Gasteiger partial charge in [0.05, 0.1) is 20.3 Å². The van der Waals surface area contributed by atoms with Crippen LogP contribution in [0.4, 0.5) is 0 Å². The zero-order valence-corrected chi connectivity index (χ0v) is 12.4. The maximum Gasteiger partial charge on any atom is 0.122 e. The molecule has 4 heteroatoms. The lowest BCUT2D eigenvalue weighted by Crippen LogP contribution is -2.36. The van der Waals surface area contributed by atoms with Crippen molar-refractivity contribution in [2.45, 2.75) is 39.3 Å². The lowest BCUT2D eigenvalue weighted by atomic mass is 9.83. The van der Waals surface area contributed by atoms with E-state index in [0.29, 0.717) is 17.9 Å². The van der Waals surface area contributed by atoms with Gasteiger partial charge in [0.1, 0.15) is 11.5 Å². The van der Waals surface area contributed by atoms with Crippen LogP contribution in [-0.2, 0) is 0 Å². The van der Waals surface area contributed by atoms with Crippen LogP contribution in [0.5, 0.6) is 11.5 Å². The van der Waals surface area contributed by atoms with E-state index in [2.05, 4.69) is 20.8 Å². The second-order valence-electron chi connectivity index (χ2n) is 5.87. The minimum absolute atomic E-state index is 0.0378. The van der Waals surface area contributed by atoms with E-state index in [4.69, 9.17) is 15.2 Å². The quantitative estimate of drug-likeness (QED) is 0.860. The van der Waals surface area contributed by atoms with Crippen molar-refractivity contribution in [1.82, 2.24) is 0 Å². The van der Waals surface area contributed by atoms with Crippen LogP contribution in [0.1, 0.15) is 38.9 Å². The molecule has 0 radical (unpaired) electrons. The molecule has 1 aromatic rings. The van der Waals surface area contributed by atoms with Gasteiger partial charge in [0.2, 0.25) is 0 Å². The Morgan fingerprint density at radius 1 is 1.11 bits per heavy atom. The summed E-state index contributed by atoms with van der Waals surface area (Å²) < 4.78 is 10.4. The van der Waals surface area contributed by atoms with E-state index >= 15 is 0 Å². The topological polar surface area (TPSA) is 64.7 Å². The molecule has 0 heterocycles. The smallest absolute Gasteiger partial charge is 0.122 e. The molecule has 2 atom stereocenters. The number of aliphatic hydroxyl groups is 1. The fourth-order valence-electron chi connectivity index (χ4n) is 1.75. The monoisotopic (exact) mass is 267 g/mol. The van der Waals surface area contributed by atoms with Crippen molar-refractivity contribution >= 4 is 0 Å². The van der Waals surface area contributed by atoms with Gasteiger partial charge in [0, 0.05) is 12.1 Å². The molecule has 0 aliphatic heterocycles. The first-order valence-corrected chi connectivity index (χ1v) is 6.44. The average molecular weight is 267 g/mol. The normalized spacial score (nSPS) is 14.9. The number of ether oxygens (including phenoxy) is 2. The summed E-state index contributed by atoms with van der Waals surface area (Å²) >= 11 is 0. The van der Waals surface area contributed by atoms with Crippen molar-refractivity contribution in [1.29, 1.82) is 0 Å². The van der Waals surface area contributed by atoms with E-state index in [1.54, 1.807) is 20.3 Å². The first-order chi connectivity index (χ1) is 8.77. The fraction of sp³-hybridized carbons (Fsp3) is 0.600. The minimum atomic E-state index is -0.627. The Labute approximate surface area is 115 Å². The molecule has 0 aromatic heterocycles. The standard InChI is InChI=1S/C15H25NO3/c1-15(2,3)14(16)9-13(17)10-6-11(18-4)8-12(7-10)19-5/h6-8,13-14,17H,9,16H2,1-5H3/t13-,14+/m0/s1. The molecule has 0 saturated heterocycles. The second-order valence-corrected chi connectivity index (χ2v) is 5.87. The van der Waals surface area contributed by atoms with Crippen molar-refractivity contribution in [3.05, 3.63) is 23.8 Å². The van der Waals surface area contributed by atoms with Gasteiger partial charge in [-0.25, -0.2) is 0 Å². The molecule has 0 spiro atoms. The van der Waals surface area contributed by atoms with Crippen LogP contribution in [-0.4, -0.2) is 25.4 Å². The predicted octanol–water partition coefficient (Wildman–Crippen LogP) is 2.50. The highest BCUT2D eigenvalue weighted by atomic mass is 16.5. The SMILES string of the molecule is COc1cc(OC)cc([C@@H](O)C[C@@H](N)C(C)(C)C)c1. The minimum Gasteiger partial charge on any atom is -0.497 e. The molecule has 1 aromatic carbocycles. The molecule has 0 aliphatic carbocycles. The molecule has 3 N–H and O–H groups in total. The van der Waals surface area contributed by atoms with Gasteiger partial charge in [-0.2, -0.15) is 0 Å². The number of rotatable bonds is 5. The summed E-state index contributed by atoms with van der Waals surface area (Å²) in [4.78, 5) is 0. The molecule has 0 fully saturated rings. The molecule has 4 nitrogen and oxygen atoms in total. The van der Waals surface area contributed by atoms with Gasteiger partial charge >= 0.3 is 0 Å². The predicted molar refractivity (Wildman–Crippen MR) is 76.6 cm³/mol. The molecule has 0 amide bonds. The Kier molecular flexibility index (Phi) is 5.20. The van der Waals surface area contributed by atoms with Crippen LogP contribution in [0, 0.1) is 5.41 Å². The third-order valence-corrected chi connectivity index (χ3v) is 3.35. The van der Waals surface area contributed by atoms with Crippen LogP contribution >= 0.6 is 0 Å². The Balaban J connectivity index is 2.90. The maximum atomic E-state index is 10.3. The molecule has 0 aliphatic rings. The Bertz CT molecular complexity index is 390. The summed E-state index contributed by atoms with van der Waals surface area (Å²) in [5, 5.41) is 10.3. The van der Waals surface area contributed by atoms with Gasteiger partial charge in [0.25, 0.3) is 0 Å². The molecule has 19 heavy (non-hydrogen) atoms. The molecule has 1 rings (SSSR count). The van der Waals surface area contributed by atoms with Crippen LogP contribution in [0.25, 0.3) is 0 Å². The second kappa shape index (κ2) is 6.26. The highest BCUT2D eigenvalue weighted by Gasteiger charge is 2.24. The van der Waals surface area contributed by atoms with Gasteiger partial charge in [0.15, 0.2) is 0 Å². The summed E-state index contributed by atoms with van der Waals surface area (Å²) in [7, 11) is 3.18. The summed E-state index contributed by atoms with van der Waals surface area (Å²) in [6.07, 6.45) is -0.127. The number of hydrogen-bond acceptors (Lipinski definition) is 4. The van der Waals surface area contributed by atoms with E-state index < -0.39 is 6.10 Å².